The van der Waals surface area contributed by atoms with Crippen LogP contribution in [0.5, 0.6) is 0 Å². The van der Waals surface area contributed by atoms with E-state index in [9.17, 15) is 13.2 Å². The Morgan fingerprint density at radius 3 is 2.91 bits per heavy atom. The highest BCUT2D eigenvalue weighted by atomic mass is 35.5. The van der Waals surface area contributed by atoms with Gasteiger partial charge in [0, 0.05) is 11.6 Å². The molecule has 1 aromatic carbocycles. The lowest BCUT2D eigenvalue weighted by Gasteiger charge is -2.19. The maximum Gasteiger partial charge on any atom is 0.313 e. The average molecular weight is 348 g/mol. The molecule has 0 bridgehead atoms. The Labute approximate surface area is 134 Å². The Morgan fingerprint density at radius 1 is 1.50 bits per heavy atom. The number of hydrazine groups is 1. The molecular formula is C13H18ClN3O4S. The summed E-state index contributed by atoms with van der Waals surface area (Å²) < 4.78 is 32.4. The van der Waals surface area contributed by atoms with Crippen molar-refractivity contribution in [3.05, 3.63) is 28.8 Å². The van der Waals surface area contributed by atoms with Crippen molar-refractivity contribution >= 4 is 33.3 Å². The zero-order chi connectivity index (χ0) is 16.3. The van der Waals surface area contributed by atoms with Gasteiger partial charge in [0.05, 0.1) is 12.3 Å². The minimum Gasteiger partial charge on any atom is -0.466 e. The van der Waals surface area contributed by atoms with Crippen molar-refractivity contribution in [2.24, 2.45) is 5.92 Å². The van der Waals surface area contributed by atoms with Gasteiger partial charge in [0.25, 0.3) is 10.0 Å². The second kappa shape index (κ2) is 6.82. The van der Waals surface area contributed by atoms with E-state index in [-0.39, 0.29) is 13.2 Å². The first-order chi connectivity index (χ1) is 10.4. The van der Waals surface area contributed by atoms with Crippen LogP contribution in [0.25, 0.3) is 0 Å². The average Bonchev–Trinajstić information content (AvgIpc) is 2.94. The molecule has 22 heavy (non-hydrogen) atoms. The lowest BCUT2D eigenvalue weighted by molar-refractivity contribution is -0.147. The third-order valence-electron chi connectivity index (χ3n) is 3.38. The van der Waals surface area contributed by atoms with Crippen molar-refractivity contribution in [2.45, 2.75) is 19.2 Å². The van der Waals surface area contributed by atoms with Crippen molar-refractivity contribution in [3.8, 4) is 0 Å². The molecule has 122 valence electrons. The van der Waals surface area contributed by atoms with E-state index in [1.165, 1.54) is 0 Å². The number of sulfonamides is 1. The number of benzene rings is 1. The quantitative estimate of drug-likeness (QED) is 0.688. The Balaban J connectivity index is 2.22. The normalized spacial score (nSPS) is 21.6. The number of esters is 1. The highest BCUT2D eigenvalue weighted by Gasteiger charge is 2.42. The number of halogens is 1. The fourth-order valence-electron chi connectivity index (χ4n) is 2.16. The Morgan fingerprint density at radius 2 is 2.23 bits per heavy atom. The summed E-state index contributed by atoms with van der Waals surface area (Å²) in [5.74, 6) is -1.38. The maximum absolute atomic E-state index is 12.5. The van der Waals surface area contributed by atoms with Gasteiger partial charge < -0.3 is 4.74 Å². The monoisotopic (exact) mass is 347 g/mol. The van der Waals surface area contributed by atoms with E-state index < -0.39 is 27.3 Å². The molecule has 0 spiro atoms. The zero-order valence-electron chi connectivity index (χ0n) is 12.2. The predicted molar refractivity (Wildman–Crippen MR) is 83.8 cm³/mol. The van der Waals surface area contributed by atoms with E-state index in [4.69, 9.17) is 16.3 Å². The van der Waals surface area contributed by atoms with Crippen molar-refractivity contribution in [1.82, 2.24) is 10.9 Å². The van der Waals surface area contributed by atoms with E-state index in [0.29, 0.717) is 16.3 Å². The third kappa shape index (κ3) is 3.52. The van der Waals surface area contributed by atoms with Crippen molar-refractivity contribution < 1.29 is 17.9 Å². The Hall–Kier alpha value is -1.35. The van der Waals surface area contributed by atoms with E-state index in [2.05, 4.69) is 15.6 Å². The van der Waals surface area contributed by atoms with Gasteiger partial charge in [0.2, 0.25) is 0 Å². The van der Waals surface area contributed by atoms with Crippen LogP contribution in [0.2, 0.25) is 5.02 Å². The number of hydrogen-bond donors (Lipinski definition) is 3. The number of rotatable bonds is 5. The largest absolute Gasteiger partial charge is 0.466 e. The predicted octanol–water partition coefficient (Wildman–Crippen LogP) is 1.00. The molecule has 9 heteroatoms. The van der Waals surface area contributed by atoms with Gasteiger partial charge in [-0.05, 0) is 31.5 Å². The van der Waals surface area contributed by atoms with Crippen LogP contribution in [0.4, 0.5) is 5.69 Å². The summed E-state index contributed by atoms with van der Waals surface area (Å²) >= 11 is 5.99. The number of ether oxygens (including phenoxy) is 1. The van der Waals surface area contributed by atoms with Crippen LogP contribution in [-0.4, -0.2) is 32.9 Å². The Bertz CT molecular complexity index is 665. The molecule has 1 heterocycles. The molecule has 1 aromatic rings. The summed E-state index contributed by atoms with van der Waals surface area (Å²) in [6.07, 6.45) is 0. The number of carbonyl (C=O) groups excluding carboxylic acids is 1. The molecule has 2 unspecified atom stereocenters. The van der Waals surface area contributed by atoms with E-state index in [1.54, 1.807) is 32.0 Å². The minimum absolute atomic E-state index is 0.180. The van der Waals surface area contributed by atoms with Gasteiger partial charge in [0.15, 0.2) is 5.37 Å². The highest BCUT2D eigenvalue weighted by Crippen LogP contribution is 2.26. The number of nitrogens with one attached hydrogen (secondary N) is 3. The maximum atomic E-state index is 12.5. The molecule has 2 atom stereocenters. The highest BCUT2D eigenvalue weighted by molar-refractivity contribution is 7.93. The molecule has 0 radical (unpaired) electrons. The second-order valence-corrected chi connectivity index (χ2v) is 7.07. The summed E-state index contributed by atoms with van der Waals surface area (Å²) in [5, 5.41) is -0.662. The molecule has 7 nitrogen and oxygen atoms in total. The number of carbonyl (C=O) groups is 1. The zero-order valence-corrected chi connectivity index (χ0v) is 13.8. The van der Waals surface area contributed by atoms with Gasteiger partial charge in [0.1, 0.15) is 5.92 Å². The molecule has 0 amide bonds. The first kappa shape index (κ1) is 17.0. The summed E-state index contributed by atoms with van der Waals surface area (Å²) in [4.78, 5) is 11.9. The van der Waals surface area contributed by atoms with Crippen LogP contribution >= 0.6 is 11.6 Å². The molecular weight excluding hydrogens is 330 g/mol. The van der Waals surface area contributed by atoms with Crippen molar-refractivity contribution in [3.63, 3.8) is 0 Å². The van der Waals surface area contributed by atoms with E-state index >= 15 is 0 Å². The van der Waals surface area contributed by atoms with Crippen molar-refractivity contribution in [2.75, 3.05) is 17.9 Å². The summed E-state index contributed by atoms with van der Waals surface area (Å²) in [7, 11) is -3.85. The molecule has 1 aliphatic heterocycles. The summed E-state index contributed by atoms with van der Waals surface area (Å²) in [6, 6.07) is 4.93. The molecule has 1 saturated heterocycles. The number of anilines is 1. The second-order valence-electron chi connectivity index (χ2n) is 4.86. The molecule has 1 aliphatic rings. The van der Waals surface area contributed by atoms with E-state index in [1.807, 2.05) is 0 Å². The molecule has 0 aliphatic carbocycles. The van der Waals surface area contributed by atoms with Gasteiger partial charge in [-0.25, -0.2) is 13.8 Å². The van der Waals surface area contributed by atoms with E-state index in [0.717, 1.165) is 0 Å². The van der Waals surface area contributed by atoms with Crippen molar-refractivity contribution in [1.29, 1.82) is 0 Å². The lowest BCUT2D eigenvalue weighted by Crippen LogP contribution is -2.44. The first-order valence-electron chi connectivity index (χ1n) is 6.78. The van der Waals surface area contributed by atoms with Gasteiger partial charge in [-0.2, -0.15) is 0 Å². The van der Waals surface area contributed by atoms with Gasteiger partial charge >= 0.3 is 5.97 Å². The summed E-state index contributed by atoms with van der Waals surface area (Å²) in [5.41, 5.74) is 6.29. The van der Waals surface area contributed by atoms with Gasteiger partial charge in [-0.15, -0.1) is 0 Å². The smallest absolute Gasteiger partial charge is 0.313 e. The SMILES string of the molecule is CCOC(=O)C1CNNC1S(=O)(=O)Nc1cccc(Cl)c1C. The van der Waals surface area contributed by atoms with Crippen LogP contribution in [0, 0.1) is 12.8 Å². The first-order valence-corrected chi connectivity index (χ1v) is 8.71. The van der Waals surface area contributed by atoms with Crippen LogP contribution in [0.1, 0.15) is 12.5 Å². The topological polar surface area (TPSA) is 96.5 Å². The van der Waals surface area contributed by atoms with Gasteiger partial charge in [-0.1, -0.05) is 17.7 Å². The lowest BCUT2D eigenvalue weighted by atomic mass is 10.2. The fraction of sp³-hybridized carbons (Fsp3) is 0.462. The third-order valence-corrected chi connectivity index (χ3v) is 5.40. The van der Waals surface area contributed by atoms with Crippen LogP contribution in [0.15, 0.2) is 18.2 Å². The molecule has 0 aromatic heterocycles. The molecule has 2 rings (SSSR count). The van der Waals surface area contributed by atoms with Crippen LogP contribution < -0.4 is 15.6 Å². The molecule has 3 N–H and O–H groups in total. The minimum atomic E-state index is -3.85. The standard InChI is InChI=1S/C13H18ClN3O4S/c1-3-21-13(18)9-7-15-16-12(9)22(19,20)17-11-6-4-5-10(14)8(11)2/h4-6,9,12,15-17H,3,7H2,1-2H3. The van der Waals surface area contributed by atoms with Gasteiger partial charge in [-0.3, -0.25) is 14.9 Å². The molecule has 1 fully saturated rings. The number of hydrogen-bond acceptors (Lipinski definition) is 6. The summed E-state index contributed by atoms with van der Waals surface area (Å²) in [6.45, 7) is 3.76. The fourth-order valence-corrected chi connectivity index (χ4v) is 3.87. The van der Waals surface area contributed by atoms with Crippen LogP contribution in [-0.2, 0) is 19.6 Å². The molecule has 0 saturated carbocycles. The Kier molecular flexibility index (Phi) is 5.28. The van der Waals surface area contributed by atoms with Crippen LogP contribution in [0.3, 0.4) is 0 Å².